The Kier molecular flexibility index (Phi) is 4.13. The molecule has 2 aliphatic rings. The topological polar surface area (TPSA) is 67.6 Å². The molecule has 1 aromatic rings. The lowest BCUT2D eigenvalue weighted by Crippen LogP contribution is -2.52. The summed E-state index contributed by atoms with van der Waals surface area (Å²) in [6, 6.07) is 6.39. The van der Waals surface area contributed by atoms with Crippen LogP contribution in [0.4, 0.5) is 16.2 Å². The van der Waals surface area contributed by atoms with E-state index in [-0.39, 0.29) is 18.2 Å². The molecule has 0 aromatic heterocycles. The number of amides is 1. The maximum Gasteiger partial charge on any atom is 0.410 e. The molecular weight excluding hydrogens is 290 g/mol. The van der Waals surface area contributed by atoms with Gasteiger partial charge in [0.05, 0.1) is 12.1 Å². The van der Waals surface area contributed by atoms with Gasteiger partial charge in [-0.05, 0) is 70.2 Å². The SMILES string of the molecule is CC(C)(C)OC(=O)N1CCCCC1C1Cc2cc(N)ccc2N1. The van der Waals surface area contributed by atoms with Crippen molar-refractivity contribution in [3.8, 4) is 0 Å². The molecule has 2 atom stereocenters. The lowest BCUT2D eigenvalue weighted by molar-refractivity contribution is 0.00774. The summed E-state index contributed by atoms with van der Waals surface area (Å²) < 4.78 is 5.60. The van der Waals surface area contributed by atoms with Gasteiger partial charge in [0, 0.05) is 17.9 Å². The minimum absolute atomic E-state index is 0.173. The van der Waals surface area contributed by atoms with Crippen molar-refractivity contribution < 1.29 is 9.53 Å². The van der Waals surface area contributed by atoms with Crippen molar-refractivity contribution in [3.63, 3.8) is 0 Å². The largest absolute Gasteiger partial charge is 0.444 e. The second kappa shape index (κ2) is 5.95. The van der Waals surface area contributed by atoms with E-state index in [1.807, 2.05) is 43.9 Å². The highest BCUT2D eigenvalue weighted by molar-refractivity contribution is 5.69. The highest BCUT2D eigenvalue weighted by atomic mass is 16.6. The average Bonchev–Trinajstić information content (AvgIpc) is 2.88. The molecule has 0 radical (unpaired) electrons. The van der Waals surface area contributed by atoms with Gasteiger partial charge in [0.25, 0.3) is 0 Å². The molecule has 3 N–H and O–H groups in total. The van der Waals surface area contributed by atoms with Crippen LogP contribution in [0.3, 0.4) is 0 Å². The second-order valence-corrected chi connectivity index (χ2v) is 7.61. The van der Waals surface area contributed by atoms with Crippen molar-refractivity contribution in [3.05, 3.63) is 23.8 Å². The molecular formula is C18H27N3O2. The maximum atomic E-state index is 12.6. The Morgan fingerprint density at radius 3 is 2.87 bits per heavy atom. The highest BCUT2D eigenvalue weighted by Gasteiger charge is 2.37. The van der Waals surface area contributed by atoms with Gasteiger partial charge in [0.2, 0.25) is 0 Å². The third-order valence-corrected chi connectivity index (χ3v) is 4.55. The van der Waals surface area contributed by atoms with Crippen molar-refractivity contribution >= 4 is 17.5 Å². The first-order valence-electron chi connectivity index (χ1n) is 8.48. The van der Waals surface area contributed by atoms with Gasteiger partial charge in [0.1, 0.15) is 5.60 Å². The van der Waals surface area contributed by atoms with Crippen molar-refractivity contribution in [2.75, 3.05) is 17.6 Å². The number of ether oxygens (including phenoxy) is 1. The molecule has 3 rings (SSSR count). The lowest BCUT2D eigenvalue weighted by Gasteiger charge is -2.39. The van der Waals surface area contributed by atoms with Crippen LogP contribution in [0.1, 0.15) is 45.6 Å². The molecule has 2 aliphatic heterocycles. The van der Waals surface area contributed by atoms with Gasteiger partial charge >= 0.3 is 6.09 Å². The minimum atomic E-state index is -0.459. The van der Waals surface area contributed by atoms with E-state index >= 15 is 0 Å². The predicted molar refractivity (Wildman–Crippen MR) is 92.5 cm³/mol. The smallest absolute Gasteiger partial charge is 0.410 e. The number of hydrogen-bond acceptors (Lipinski definition) is 4. The fourth-order valence-corrected chi connectivity index (χ4v) is 3.57. The number of carbonyl (C=O) groups is 1. The van der Waals surface area contributed by atoms with Crippen LogP contribution in [0.25, 0.3) is 0 Å². The number of nitrogens with two attached hydrogens (primary N) is 1. The molecule has 0 bridgehead atoms. The number of nitrogen functional groups attached to an aromatic ring is 1. The zero-order chi connectivity index (χ0) is 16.6. The quantitative estimate of drug-likeness (QED) is 0.779. The van der Waals surface area contributed by atoms with Crippen molar-refractivity contribution in [2.24, 2.45) is 0 Å². The summed E-state index contributed by atoms with van der Waals surface area (Å²) >= 11 is 0. The molecule has 126 valence electrons. The number of rotatable bonds is 1. The predicted octanol–water partition coefficient (Wildman–Crippen LogP) is 3.40. The van der Waals surface area contributed by atoms with Crippen LogP contribution in [0.2, 0.25) is 0 Å². The second-order valence-electron chi connectivity index (χ2n) is 7.61. The normalized spacial score (nSPS) is 24.0. The summed E-state index contributed by atoms with van der Waals surface area (Å²) in [4.78, 5) is 14.5. The van der Waals surface area contributed by atoms with E-state index in [0.717, 1.165) is 43.6 Å². The van der Waals surface area contributed by atoms with Crippen LogP contribution in [-0.4, -0.2) is 35.2 Å². The van der Waals surface area contributed by atoms with Crippen molar-refractivity contribution in [2.45, 2.75) is 64.1 Å². The summed E-state index contributed by atoms with van der Waals surface area (Å²) in [5.41, 5.74) is 8.60. The third kappa shape index (κ3) is 3.54. The molecule has 0 aliphatic carbocycles. The number of nitrogens with one attached hydrogen (secondary N) is 1. The van der Waals surface area contributed by atoms with Crippen LogP contribution in [0, 0.1) is 0 Å². The molecule has 1 aromatic carbocycles. The summed E-state index contributed by atoms with van der Waals surface area (Å²) in [7, 11) is 0. The Morgan fingerprint density at radius 1 is 1.35 bits per heavy atom. The molecule has 2 unspecified atom stereocenters. The van der Waals surface area contributed by atoms with E-state index in [4.69, 9.17) is 10.5 Å². The Balaban J connectivity index is 1.74. The van der Waals surface area contributed by atoms with Crippen LogP contribution >= 0.6 is 0 Å². The standard InChI is InChI=1S/C18H27N3O2/c1-18(2,3)23-17(22)21-9-5-4-6-16(21)15-11-12-10-13(19)7-8-14(12)20-15/h7-8,10,15-16,20H,4-6,9,11,19H2,1-3H3. The van der Waals surface area contributed by atoms with Crippen LogP contribution < -0.4 is 11.1 Å². The van der Waals surface area contributed by atoms with Gasteiger partial charge < -0.3 is 20.7 Å². The van der Waals surface area contributed by atoms with Crippen LogP contribution in [-0.2, 0) is 11.2 Å². The fraction of sp³-hybridized carbons (Fsp3) is 0.611. The maximum absolute atomic E-state index is 12.6. The van der Waals surface area contributed by atoms with E-state index in [0.29, 0.717) is 0 Å². The minimum Gasteiger partial charge on any atom is -0.444 e. The number of piperidine rings is 1. The van der Waals surface area contributed by atoms with Gasteiger partial charge in [-0.15, -0.1) is 0 Å². The number of likely N-dealkylation sites (tertiary alicyclic amines) is 1. The monoisotopic (exact) mass is 317 g/mol. The molecule has 5 nitrogen and oxygen atoms in total. The van der Waals surface area contributed by atoms with Gasteiger partial charge in [0.15, 0.2) is 0 Å². The summed E-state index contributed by atoms with van der Waals surface area (Å²) in [6.07, 6.45) is 3.92. The first-order valence-corrected chi connectivity index (χ1v) is 8.48. The van der Waals surface area contributed by atoms with E-state index in [9.17, 15) is 4.79 Å². The summed E-state index contributed by atoms with van der Waals surface area (Å²) in [6.45, 7) is 6.51. The molecule has 1 amide bonds. The van der Waals surface area contributed by atoms with E-state index in [1.165, 1.54) is 5.56 Å². The molecule has 1 fully saturated rings. The highest BCUT2D eigenvalue weighted by Crippen LogP contribution is 2.33. The number of nitrogens with zero attached hydrogens (tertiary/aromatic N) is 1. The van der Waals surface area contributed by atoms with Gasteiger partial charge in [-0.1, -0.05) is 0 Å². The number of anilines is 2. The summed E-state index contributed by atoms with van der Waals surface area (Å²) in [5, 5.41) is 3.57. The van der Waals surface area contributed by atoms with Gasteiger partial charge in [-0.2, -0.15) is 0 Å². The van der Waals surface area contributed by atoms with E-state index < -0.39 is 5.60 Å². The van der Waals surface area contributed by atoms with E-state index in [2.05, 4.69) is 5.32 Å². The lowest BCUT2D eigenvalue weighted by atomic mass is 9.94. The number of fused-ring (bicyclic) bond motifs is 1. The summed E-state index contributed by atoms with van der Waals surface area (Å²) in [5.74, 6) is 0. The van der Waals surface area contributed by atoms with Crippen LogP contribution in [0.15, 0.2) is 18.2 Å². The first-order chi connectivity index (χ1) is 10.8. The van der Waals surface area contributed by atoms with Crippen molar-refractivity contribution in [1.29, 1.82) is 0 Å². The Bertz CT molecular complexity index is 594. The fourth-order valence-electron chi connectivity index (χ4n) is 3.57. The van der Waals surface area contributed by atoms with E-state index in [1.54, 1.807) is 0 Å². The average molecular weight is 317 g/mol. The number of hydrogen-bond donors (Lipinski definition) is 2. The zero-order valence-electron chi connectivity index (χ0n) is 14.3. The Labute approximate surface area is 138 Å². The number of carbonyl (C=O) groups excluding carboxylic acids is 1. The van der Waals surface area contributed by atoms with Gasteiger partial charge in [-0.3, -0.25) is 0 Å². The molecule has 2 heterocycles. The van der Waals surface area contributed by atoms with Crippen LogP contribution in [0.5, 0.6) is 0 Å². The number of benzene rings is 1. The Morgan fingerprint density at radius 2 is 2.13 bits per heavy atom. The Hall–Kier alpha value is -1.91. The third-order valence-electron chi connectivity index (χ3n) is 4.55. The molecule has 23 heavy (non-hydrogen) atoms. The molecule has 5 heteroatoms. The zero-order valence-corrected chi connectivity index (χ0v) is 14.3. The van der Waals surface area contributed by atoms with Gasteiger partial charge in [-0.25, -0.2) is 4.79 Å². The first kappa shape index (κ1) is 16.0. The van der Waals surface area contributed by atoms with Crippen molar-refractivity contribution in [1.82, 2.24) is 4.90 Å². The molecule has 0 spiro atoms. The molecule has 0 saturated carbocycles. The molecule has 1 saturated heterocycles.